The first-order valence-corrected chi connectivity index (χ1v) is 7.02. The number of rotatable bonds is 10. The fraction of sp³-hybridized carbons (Fsp3) is 0.533. The Morgan fingerprint density at radius 1 is 1.19 bits per heavy atom. The van der Waals surface area contributed by atoms with E-state index in [1.807, 2.05) is 26.1 Å². The third kappa shape index (κ3) is 7.90. The molecule has 0 aliphatic heterocycles. The zero-order valence-corrected chi connectivity index (χ0v) is 13.5. The van der Waals surface area contributed by atoms with Crippen LogP contribution in [0, 0.1) is 0 Å². The van der Waals surface area contributed by atoms with Crippen LogP contribution in [0.4, 0.5) is 0 Å². The Bertz CT molecular complexity index is 402. The molecule has 21 heavy (non-hydrogen) atoms. The molecule has 0 fully saturated rings. The third-order valence-electron chi connectivity index (χ3n) is 2.71. The molecule has 0 unspecified atom stereocenters. The highest BCUT2D eigenvalue weighted by Gasteiger charge is 2.11. The summed E-state index contributed by atoms with van der Waals surface area (Å²) >= 11 is 0. The lowest BCUT2D eigenvalue weighted by atomic mass is 10.2. The number of halogens is 1. The summed E-state index contributed by atoms with van der Waals surface area (Å²) in [6.45, 7) is 5.09. The second-order valence-electron chi connectivity index (χ2n) is 4.25. The molecule has 1 amide bonds. The molecule has 6 heteroatoms. The van der Waals surface area contributed by atoms with Crippen molar-refractivity contribution in [2.45, 2.75) is 13.3 Å². The highest BCUT2D eigenvalue weighted by Crippen LogP contribution is 2.17. The van der Waals surface area contributed by atoms with E-state index in [-0.39, 0.29) is 18.3 Å². The molecule has 0 saturated carbocycles. The number of benzene rings is 1. The van der Waals surface area contributed by atoms with Gasteiger partial charge in [-0.25, -0.2) is 0 Å². The second-order valence-corrected chi connectivity index (χ2v) is 4.25. The monoisotopic (exact) mass is 316 g/mol. The predicted molar refractivity (Wildman–Crippen MR) is 86.6 cm³/mol. The summed E-state index contributed by atoms with van der Waals surface area (Å²) in [4.78, 5) is 12.1. The summed E-state index contributed by atoms with van der Waals surface area (Å²) < 4.78 is 10.8. The minimum atomic E-state index is -0.104. The molecular formula is C15H25ClN2O3. The highest BCUT2D eigenvalue weighted by molar-refractivity contribution is 5.96. The zero-order chi connectivity index (χ0) is 14.6. The summed E-state index contributed by atoms with van der Waals surface area (Å²) in [5, 5.41) is 5.93. The van der Waals surface area contributed by atoms with E-state index in [1.165, 1.54) is 0 Å². The van der Waals surface area contributed by atoms with Gasteiger partial charge in [-0.15, -0.1) is 12.4 Å². The summed E-state index contributed by atoms with van der Waals surface area (Å²) in [7, 11) is 1.89. The van der Waals surface area contributed by atoms with Gasteiger partial charge in [0.2, 0.25) is 0 Å². The van der Waals surface area contributed by atoms with Crippen LogP contribution < -0.4 is 15.4 Å². The van der Waals surface area contributed by atoms with Gasteiger partial charge in [0.1, 0.15) is 12.4 Å². The molecule has 5 nitrogen and oxygen atoms in total. The Hall–Kier alpha value is -1.30. The number of hydrogen-bond acceptors (Lipinski definition) is 4. The standard InChI is InChI=1S/C15H24N2O3.ClH/c1-3-19-11-12-20-14-8-5-4-7-13(14)15(18)17-10-6-9-16-2;/h4-5,7-8,16H,3,6,9-12H2,1-2H3,(H,17,18);1H. The Balaban J connectivity index is 0.00000400. The number of carbonyl (C=O) groups is 1. The van der Waals surface area contributed by atoms with E-state index >= 15 is 0 Å². The van der Waals surface area contributed by atoms with E-state index in [9.17, 15) is 4.79 Å². The van der Waals surface area contributed by atoms with Crippen molar-refractivity contribution in [1.82, 2.24) is 10.6 Å². The summed E-state index contributed by atoms with van der Waals surface area (Å²) in [5.41, 5.74) is 0.563. The number of ether oxygens (including phenoxy) is 2. The van der Waals surface area contributed by atoms with Gasteiger partial charge in [-0.1, -0.05) is 12.1 Å². The van der Waals surface area contributed by atoms with Gasteiger partial charge < -0.3 is 20.1 Å². The van der Waals surface area contributed by atoms with Crippen molar-refractivity contribution in [3.05, 3.63) is 29.8 Å². The number of amides is 1. The number of hydrogen-bond donors (Lipinski definition) is 2. The minimum Gasteiger partial charge on any atom is -0.490 e. The highest BCUT2D eigenvalue weighted by atomic mass is 35.5. The van der Waals surface area contributed by atoms with Crippen molar-refractivity contribution in [3.63, 3.8) is 0 Å². The molecule has 1 rings (SSSR count). The average Bonchev–Trinajstić information content (AvgIpc) is 2.48. The fourth-order valence-electron chi connectivity index (χ4n) is 1.70. The van der Waals surface area contributed by atoms with Crippen LogP contribution in [0.25, 0.3) is 0 Å². The molecule has 1 aromatic rings. The van der Waals surface area contributed by atoms with Crippen LogP contribution in [0.5, 0.6) is 5.75 Å². The van der Waals surface area contributed by atoms with Crippen molar-refractivity contribution >= 4 is 18.3 Å². The molecule has 0 bridgehead atoms. The van der Waals surface area contributed by atoms with Crippen LogP contribution in [0.15, 0.2) is 24.3 Å². The maximum Gasteiger partial charge on any atom is 0.255 e. The molecule has 2 N–H and O–H groups in total. The summed E-state index contributed by atoms with van der Waals surface area (Å²) in [5.74, 6) is 0.492. The Morgan fingerprint density at radius 3 is 2.67 bits per heavy atom. The van der Waals surface area contributed by atoms with E-state index in [4.69, 9.17) is 9.47 Å². The molecule has 0 aliphatic carbocycles. The smallest absolute Gasteiger partial charge is 0.255 e. The maximum atomic E-state index is 12.1. The normalized spacial score (nSPS) is 9.81. The van der Waals surface area contributed by atoms with E-state index in [0.717, 1.165) is 13.0 Å². The number of carbonyl (C=O) groups excluding carboxylic acids is 1. The van der Waals surface area contributed by atoms with Gasteiger partial charge in [0.05, 0.1) is 12.2 Å². The van der Waals surface area contributed by atoms with Crippen LogP contribution >= 0.6 is 12.4 Å². The molecule has 0 aromatic heterocycles. The Kier molecular flexibility index (Phi) is 11.7. The van der Waals surface area contributed by atoms with Crippen LogP contribution in [-0.2, 0) is 4.74 Å². The van der Waals surface area contributed by atoms with Gasteiger partial charge in [-0.3, -0.25) is 4.79 Å². The first kappa shape index (κ1) is 19.7. The lowest BCUT2D eigenvalue weighted by Crippen LogP contribution is -2.27. The van der Waals surface area contributed by atoms with Crippen molar-refractivity contribution in [2.24, 2.45) is 0 Å². The average molecular weight is 317 g/mol. The fourth-order valence-corrected chi connectivity index (χ4v) is 1.70. The summed E-state index contributed by atoms with van der Waals surface area (Å²) in [6.07, 6.45) is 0.898. The second kappa shape index (κ2) is 12.4. The maximum absolute atomic E-state index is 12.1. The van der Waals surface area contributed by atoms with E-state index in [1.54, 1.807) is 12.1 Å². The van der Waals surface area contributed by atoms with Crippen LogP contribution in [0.1, 0.15) is 23.7 Å². The minimum absolute atomic E-state index is 0. The van der Waals surface area contributed by atoms with Crippen LogP contribution in [-0.4, -0.2) is 45.9 Å². The van der Waals surface area contributed by atoms with Crippen LogP contribution in [0.3, 0.4) is 0 Å². The van der Waals surface area contributed by atoms with Crippen molar-refractivity contribution < 1.29 is 14.3 Å². The van der Waals surface area contributed by atoms with Gasteiger partial charge >= 0.3 is 0 Å². The number of para-hydroxylation sites is 1. The zero-order valence-electron chi connectivity index (χ0n) is 12.7. The molecule has 120 valence electrons. The first-order chi connectivity index (χ1) is 9.79. The molecule has 0 aliphatic rings. The van der Waals surface area contributed by atoms with E-state index < -0.39 is 0 Å². The van der Waals surface area contributed by atoms with Crippen molar-refractivity contribution in [3.8, 4) is 5.75 Å². The van der Waals surface area contributed by atoms with Gasteiger partial charge in [0, 0.05) is 13.2 Å². The topological polar surface area (TPSA) is 59.6 Å². The molecular weight excluding hydrogens is 292 g/mol. The van der Waals surface area contributed by atoms with Gasteiger partial charge in [0.25, 0.3) is 5.91 Å². The first-order valence-electron chi connectivity index (χ1n) is 7.02. The third-order valence-corrected chi connectivity index (χ3v) is 2.71. The number of nitrogens with one attached hydrogen (secondary N) is 2. The van der Waals surface area contributed by atoms with Gasteiger partial charge in [0.15, 0.2) is 0 Å². The summed E-state index contributed by atoms with van der Waals surface area (Å²) in [6, 6.07) is 7.25. The molecule has 0 heterocycles. The van der Waals surface area contributed by atoms with Crippen molar-refractivity contribution in [2.75, 3.05) is 40.0 Å². The van der Waals surface area contributed by atoms with Crippen molar-refractivity contribution in [1.29, 1.82) is 0 Å². The molecule has 1 aromatic carbocycles. The van der Waals surface area contributed by atoms with E-state index in [2.05, 4.69) is 10.6 Å². The lowest BCUT2D eigenvalue weighted by Gasteiger charge is -2.11. The van der Waals surface area contributed by atoms with Crippen LogP contribution in [0.2, 0.25) is 0 Å². The quantitative estimate of drug-likeness (QED) is 0.647. The largest absolute Gasteiger partial charge is 0.490 e. The van der Waals surface area contributed by atoms with Gasteiger partial charge in [-0.2, -0.15) is 0 Å². The van der Waals surface area contributed by atoms with E-state index in [0.29, 0.717) is 37.7 Å². The molecule has 0 radical (unpaired) electrons. The predicted octanol–water partition coefficient (Wildman–Crippen LogP) is 1.86. The lowest BCUT2D eigenvalue weighted by molar-refractivity contribution is 0.0936. The Labute approximate surface area is 132 Å². The molecule has 0 spiro atoms. The van der Waals surface area contributed by atoms with Gasteiger partial charge in [-0.05, 0) is 39.1 Å². The SMILES string of the molecule is CCOCCOc1ccccc1C(=O)NCCCNC.Cl. The Morgan fingerprint density at radius 2 is 1.95 bits per heavy atom. The molecule has 0 saturated heterocycles. The molecule has 0 atom stereocenters.